The maximum atomic E-state index is 11.8. The molecule has 0 saturated carbocycles. The minimum absolute atomic E-state index is 0.0941. The molecule has 0 fully saturated rings. The Morgan fingerprint density at radius 1 is 1.56 bits per heavy atom. The first-order valence-corrected chi connectivity index (χ1v) is 7.25. The molecule has 0 unspecified atom stereocenters. The van der Waals surface area contributed by atoms with Crippen LogP contribution in [0.25, 0.3) is 0 Å². The lowest BCUT2D eigenvalue weighted by molar-refractivity contribution is -0.115. The van der Waals surface area contributed by atoms with Gasteiger partial charge < -0.3 is 5.32 Å². The van der Waals surface area contributed by atoms with E-state index in [2.05, 4.69) is 26.2 Å². The van der Waals surface area contributed by atoms with Crippen molar-refractivity contribution in [1.82, 2.24) is 4.98 Å². The van der Waals surface area contributed by atoms with Gasteiger partial charge in [0.2, 0.25) is 5.91 Å². The van der Waals surface area contributed by atoms with E-state index in [0.717, 1.165) is 15.2 Å². The van der Waals surface area contributed by atoms with Gasteiger partial charge in [0.1, 0.15) is 0 Å². The Hall–Kier alpha value is -0.910. The average Bonchev–Trinajstić information content (AvgIpc) is 2.68. The van der Waals surface area contributed by atoms with Gasteiger partial charge in [-0.3, -0.25) is 4.79 Å². The molecule has 0 atom stereocenters. The molecule has 1 aromatic carbocycles. The number of halogens is 2. The van der Waals surface area contributed by atoms with Crippen LogP contribution in [-0.2, 0) is 11.2 Å². The van der Waals surface area contributed by atoms with Crippen LogP contribution in [0.15, 0.2) is 28.1 Å². The summed E-state index contributed by atoms with van der Waals surface area (Å²) < 4.78 is 0.762. The highest BCUT2D eigenvalue weighted by molar-refractivity contribution is 9.10. The van der Waals surface area contributed by atoms with Crippen molar-refractivity contribution in [2.24, 2.45) is 0 Å². The summed E-state index contributed by atoms with van der Waals surface area (Å²) in [6.07, 6.45) is 0.277. The molecule has 1 N–H and O–H groups in total. The third-order valence-corrected chi connectivity index (χ3v) is 3.93. The third-order valence-electron chi connectivity index (χ3n) is 2.21. The number of nitrogens with zero attached hydrogens (tertiary/aromatic N) is 1. The first-order valence-electron chi connectivity index (χ1n) is 5.20. The number of aryl methyl sites for hydroxylation is 1. The maximum absolute atomic E-state index is 11.8. The largest absolute Gasteiger partial charge is 0.325 e. The molecule has 0 bridgehead atoms. The van der Waals surface area contributed by atoms with Crippen LogP contribution in [0.2, 0.25) is 5.02 Å². The molecule has 3 nitrogen and oxygen atoms in total. The zero-order valence-corrected chi connectivity index (χ0v) is 12.7. The van der Waals surface area contributed by atoms with Crippen LogP contribution in [0.1, 0.15) is 10.7 Å². The van der Waals surface area contributed by atoms with Crippen LogP contribution < -0.4 is 5.32 Å². The third kappa shape index (κ3) is 3.54. The van der Waals surface area contributed by atoms with Crippen molar-refractivity contribution in [1.29, 1.82) is 0 Å². The minimum atomic E-state index is -0.0941. The van der Waals surface area contributed by atoms with Gasteiger partial charge in [-0.2, -0.15) is 0 Å². The lowest BCUT2D eigenvalue weighted by Gasteiger charge is -2.06. The van der Waals surface area contributed by atoms with Crippen molar-refractivity contribution >= 4 is 50.5 Å². The van der Waals surface area contributed by atoms with Gasteiger partial charge in [0, 0.05) is 14.9 Å². The highest BCUT2D eigenvalue weighted by atomic mass is 79.9. The topological polar surface area (TPSA) is 42.0 Å². The predicted molar refractivity (Wildman–Crippen MR) is 78.3 cm³/mol. The molecule has 2 aromatic rings. The zero-order chi connectivity index (χ0) is 13.1. The molecule has 1 aromatic heterocycles. The van der Waals surface area contributed by atoms with E-state index in [4.69, 9.17) is 11.6 Å². The van der Waals surface area contributed by atoms with Crippen LogP contribution in [0, 0.1) is 6.92 Å². The molecule has 94 valence electrons. The lowest BCUT2D eigenvalue weighted by atomic mass is 10.3. The molecular weight excluding hydrogens is 336 g/mol. The van der Waals surface area contributed by atoms with Crippen molar-refractivity contribution in [3.63, 3.8) is 0 Å². The van der Waals surface area contributed by atoms with Gasteiger partial charge in [-0.25, -0.2) is 4.98 Å². The highest BCUT2D eigenvalue weighted by Crippen LogP contribution is 2.26. The van der Waals surface area contributed by atoms with Gasteiger partial charge in [0.15, 0.2) is 0 Å². The average molecular weight is 346 g/mol. The monoisotopic (exact) mass is 344 g/mol. The fourth-order valence-electron chi connectivity index (χ4n) is 1.44. The second kappa shape index (κ2) is 5.82. The Balaban J connectivity index is 2.03. The lowest BCUT2D eigenvalue weighted by Crippen LogP contribution is -2.14. The molecule has 0 aliphatic rings. The van der Waals surface area contributed by atoms with E-state index in [1.807, 2.05) is 12.3 Å². The number of carbonyl (C=O) groups is 1. The van der Waals surface area contributed by atoms with Gasteiger partial charge in [-0.05, 0) is 41.1 Å². The van der Waals surface area contributed by atoms with E-state index in [-0.39, 0.29) is 12.3 Å². The molecule has 1 heterocycles. The van der Waals surface area contributed by atoms with E-state index >= 15 is 0 Å². The first-order chi connectivity index (χ1) is 8.54. The van der Waals surface area contributed by atoms with E-state index in [1.165, 1.54) is 11.3 Å². The number of benzene rings is 1. The van der Waals surface area contributed by atoms with Crippen molar-refractivity contribution in [3.8, 4) is 0 Å². The van der Waals surface area contributed by atoms with Crippen molar-refractivity contribution in [2.45, 2.75) is 13.3 Å². The summed E-state index contributed by atoms with van der Waals surface area (Å²) in [6, 6.07) is 5.23. The zero-order valence-electron chi connectivity index (χ0n) is 9.54. The standard InChI is InChI=1S/C12H10BrClN2OS/c1-7-15-9(6-18-7)5-12(17)16-11-3-2-8(14)4-10(11)13/h2-4,6H,5H2,1H3,(H,16,17). The second-order valence-corrected chi connectivity index (χ2v) is 6.06. The molecule has 0 saturated heterocycles. The van der Waals surface area contributed by atoms with Gasteiger partial charge >= 0.3 is 0 Å². The smallest absolute Gasteiger partial charge is 0.230 e. The SMILES string of the molecule is Cc1nc(CC(=O)Nc2ccc(Cl)cc2Br)cs1. The normalized spacial score (nSPS) is 10.4. The summed E-state index contributed by atoms with van der Waals surface area (Å²) >= 11 is 10.7. The van der Waals surface area contributed by atoms with Gasteiger partial charge in [0.05, 0.1) is 22.8 Å². The van der Waals surface area contributed by atoms with Crippen LogP contribution in [-0.4, -0.2) is 10.9 Å². The molecule has 0 aliphatic heterocycles. The molecule has 0 aliphatic carbocycles. The Morgan fingerprint density at radius 2 is 2.33 bits per heavy atom. The molecular formula is C12H10BrClN2OS. The fraction of sp³-hybridized carbons (Fsp3) is 0.167. The number of hydrogen-bond donors (Lipinski definition) is 1. The Morgan fingerprint density at radius 3 is 2.94 bits per heavy atom. The summed E-state index contributed by atoms with van der Waals surface area (Å²) in [7, 11) is 0. The number of amides is 1. The molecule has 18 heavy (non-hydrogen) atoms. The van der Waals surface area contributed by atoms with Gasteiger partial charge in [0.25, 0.3) is 0 Å². The second-order valence-electron chi connectivity index (χ2n) is 3.71. The minimum Gasteiger partial charge on any atom is -0.325 e. The molecule has 6 heteroatoms. The quantitative estimate of drug-likeness (QED) is 0.912. The van der Waals surface area contributed by atoms with Crippen molar-refractivity contribution < 1.29 is 4.79 Å². The number of rotatable bonds is 3. The molecule has 1 amide bonds. The van der Waals surface area contributed by atoms with E-state index in [9.17, 15) is 4.79 Å². The Kier molecular flexibility index (Phi) is 4.37. The molecule has 2 rings (SSSR count). The number of carbonyl (C=O) groups excluding carboxylic acids is 1. The number of thiazole rings is 1. The Labute approximate surface area is 122 Å². The van der Waals surface area contributed by atoms with Crippen molar-refractivity contribution in [2.75, 3.05) is 5.32 Å². The summed E-state index contributed by atoms with van der Waals surface area (Å²) in [5.41, 5.74) is 1.50. The van der Waals surface area contributed by atoms with Crippen LogP contribution in [0.3, 0.4) is 0 Å². The predicted octanol–water partition coefficient (Wildman–Crippen LogP) is 4.05. The van der Waals surface area contributed by atoms with Gasteiger partial charge in [-0.15, -0.1) is 11.3 Å². The van der Waals surface area contributed by atoms with E-state index in [1.54, 1.807) is 18.2 Å². The first kappa shape index (κ1) is 13.5. The van der Waals surface area contributed by atoms with E-state index in [0.29, 0.717) is 10.7 Å². The van der Waals surface area contributed by atoms with Crippen LogP contribution in [0.4, 0.5) is 5.69 Å². The van der Waals surface area contributed by atoms with Crippen molar-refractivity contribution in [3.05, 3.63) is 43.8 Å². The number of hydrogen-bond acceptors (Lipinski definition) is 3. The highest BCUT2D eigenvalue weighted by Gasteiger charge is 2.08. The number of aromatic nitrogens is 1. The summed E-state index contributed by atoms with van der Waals surface area (Å²) in [4.78, 5) is 16.1. The summed E-state index contributed by atoms with van der Waals surface area (Å²) in [5.74, 6) is -0.0941. The fourth-order valence-corrected chi connectivity index (χ4v) is 2.83. The summed E-state index contributed by atoms with van der Waals surface area (Å²) in [6.45, 7) is 1.92. The van der Waals surface area contributed by atoms with Crippen LogP contribution in [0.5, 0.6) is 0 Å². The molecule has 0 radical (unpaired) electrons. The summed E-state index contributed by atoms with van der Waals surface area (Å²) in [5, 5.41) is 6.29. The maximum Gasteiger partial charge on any atom is 0.230 e. The van der Waals surface area contributed by atoms with Gasteiger partial charge in [-0.1, -0.05) is 11.6 Å². The Bertz CT molecular complexity index is 585. The van der Waals surface area contributed by atoms with E-state index < -0.39 is 0 Å². The number of nitrogens with one attached hydrogen (secondary N) is 1. The number of anilines is 1. The molecule has 0 spiro atoms. The van der Waals surface area contributed by atoms with Crippen LogP contribution >= 0.6 is 38.9 Å².